The molecule has 2 aromatic carbocycles. The lowest BCUT2D eigenvalue weighted by molar-refractivity contribution is 0.242. The van der Waals surface area contributed by atoms with Gasteiger partial charge in [0.1, 0.15) is 5.75 Å². The third-order valence-corrected chi connectivity index (χ3v) is 7.37. The Labute approximate surface area is 183 Å². The zero-order valence-electron chi connectivity index (χ0n) is 18.9. The van der Waals surface area contributed by atoms with E-state index >= 15 is 0 Å². The number of aryl methyl sites for hydroxylation is 2. The lowest BCUT2D eigenvalue weighted by Gasteiger charge is -2.35. The van der Waals surface area contributed by atoms with Gasteiger partial charge in [-0.05, 0) is 105 Å². The third kappa shape index (κ3) is 5.78. The topological polar surface area (TPSA) is 9.23 Å². The Hall–Kier alpha value is -2.02. The molecular formula is C29H38O. The summed E-state index contributed by atoms with van der Waals surface area (Å²) in [7, 11) is 0. The van der Waals surface area contributed by atoms with Crippen molar-refractivity contribution < 1.29 is 4.74 Å². The first-order chi connectivity index (χ1) is 14.7. The maximum absolute atomic E-state index is 5.86. The van der Waals surface area contributed by atoms with Crippen LogP contribution in [-0.4, -0.2) is 6.61 Å². The lowest BCUT2D eigenvalue weighted by Crippen LogP contribution is -2.22. The minimum Gasteiger partial charge on any atom is -0.494 e. The first kappa shape index (κ1) is 21.2. The van der Waals surface area contributed by atoms with E-state index in [1.54, 1.807) is 5.56 Å². The van der Waals surface area contributed by atoms with Gasteiger partial charge in [-0.3, -0.25) is 0 Å². The van der Waals surface area contributed by atoms with Crippen LogP contribution in [-0.2, 0) is 6.42 Å². The quantitative estimate of drug-likeness (QED) is 0.338. The maximum Gasteiger partial charge on any atom is 0.119 e. The van der Waals surface area contributed by atoms with Crippen LogP contribution in [0, 0.1) is 24.7 Å². The van der Waals surface area contributed by atoms with Gasteiger partial charge in [-0.15, -0.1) is 0 Å². The Morgan fingerprint density at radius 2 is 1.53 bits per heavy atom. The molecule has 0 N–H and O–H groups in total. The van der Waals surface area contributed by atoms with Crippen molar-refractivity contribution in [2.75, 3.05) is 6.61 Å². The van der Waals surface area contributed by atoms with Crippen LogP contribution < -0.4 is 4.74 Å². The van der Waals surface area contributed by atoms with Gasteiger partial charge in [-0.2, -0.15) is 0 Å². The number of rotatable bonds is 7. The highest BCUT2D eigenvalue weighted by molar-refractivity contribution is 5.27. The molecule has 0 aliphatic heterocycles. The van der Waals surface area contributed by atoms with E-state index in [0.717, 1.165) is 48.9 Å². The van der Waals surface area contributed by atoms with Gasteiger partial charge < -0.3 is 4.74 Å². The van der Waals surface area contributed by atoms with E-state index in [-0.39, 0.29) is 0 Å². The summed E-state index contributed by atoms with van der Waals surface area (Å²) in [5.41, 5.74) is 4.26. The number of hydrogen-bond donors (Lipinski definition) is 0. The van der Waals surface area contributed by atoms with E-state index in [2.05, 4.69) is 74.5 Å². The minimum absolute atomic E-state index is 0.770. The summed E-state index contributed by atoms with van der Waals surface area (Å²) >= 11 is 0. The zero-order chi connectivity index (χ0) is 20.8. The predicted molar refractivity (Wildman–Crippen MR) is 127 cm³/mol. The van der Waals surface area contributed by atoms with Gasteiger partial charge in [0.2, 0.25) is 0 Å². The van der Waals surface area contributed by atoms with Crippen molar-refractivity contribution in [3.8, 4) is 5.75 Å². The SMILES string of the molecule is Cc1ccc(OCCCc2ccc(C3CCC(C4C=CC(C)CC4)CC3)cc2)cc1. The molecule has 30 heavy (non-hydrogen) atoms. The number of benzene rings is 2. The highest BCUT2D eigenvalue weighted by atomic mass is 16.5. The summed E-state index contributed by atoms with van der Waals surface area (Å²) in [5, 5.41) is 0. The summed E-state index contributed by atoms with van der Waals surface area (Å²) < 4.78 is 5.86. The Balaban J connectivity index is 1.19. The number of hydrogen-bond acceptors (Lipinski definition) is 1. The fourth-order valence-corrected chi connectivity index (χ4v) is 5.31. The molecule has 2 aliphatic carbocycles. The van der Waals surface area contributed by atoms with Crippen molar-refractivity contribution in [2.24, 2.45) is 17.8 Å². The molecule has 0 heterocycles. The van der Waals surface area contributed by atoms with Crippen LogP contribution in [0.25, 0.3) is 0 Å². The highest BCUT2D eigenvalue weighted by Crippen LogP contribution is 2.41. The molecule has 1 heteroatoms. The molecule has 2 aliphatic rings. The molecule has 1 saturated carbocycles. The van der Waals surface area contributed by atoms with Crippen LogP contribution in [0.2, 0.25) is 0 Å². The van der Waals surface area contributed by atoms with Gasteiger partial charge in [-0.25, -0.2) is 0 Å². The summed E-state index contributed by atoms with van der Waals surface area (Å²) in [6.07, 6.45) is 15.5. The second kappa shape index (κ2) is 10.3. The standard InChI is InChI=1S/C29H38O/c1-22-5-11-25(12-6-22)27-15-17-28(18-16-27)26-13-9-24(10-14-26)4-3-21-30-29-19-7-23(2)8-20-29/h5,7-11,13-14,19-20,22,25,27-28H,3-4,6,12,15-18,21H2,1-2H3. The molecule has 0 bridgehead atoms. The van der Waals surface area contributed by atoms with Crippen LogP contribution >= 0.6 is 0 Å². The Morgan fingerprint density at radius 3 is 2.20 bits per heavy atom. The molecule has 2 atom stereocenters. The average Bonchev–Trinajstić information content (AvgIpc) is 2.79. The average molecular weight is 403 g/mol. The molecule has 0 aromatic heterocycles. The van der Waals surface area contributed by atoms with Crippen molar-refractivity contribution in [3.63, 3.8) is 0 Å². The van der Waals surface area contributed by atoms with Gasteiger partial charge in [0.15, 0.2) is 0 Å². The Morgan fingerprint density at radius 1 is 0.800 bits per heavy atom. The Kier molecular flexibility index (Phi) is 7.31. The number of ether oxygens (including phenoxy) is 1. The fraction of sp³-hybridized carbons (Fsp3) is 0.517. The van der Waals surface area contributed by atoms with Gasteiger partial charge in [0, 0.05) is 0 Å². The van der Waals surface area contributed by atoms with Crippen molar-refractivity contribution in [1.29, 1.82) is 0 Å². The van der Waals surface area contributed by atoms with Crippen LogP contribution in [0.15, 0.2) is 60.7 Å². The summed E-state index contributed by atoms with van der Waals surface area (Å²) in [6, 6.07) is 17.8. The molecule has 0 radical (unpaired) electrons. The first-order valence-corrected chi connectivity index (χ1v) is 12.1. The predicted octanol–water partition coefficient (Wildman–Crippen LogP) is 7.88. The minimum atomic E-state index is 0.770. The van der Waals surface area contributed by atoms with Crippen LogP contribution in [0.1, 0.15) is 74.5 Å². The molecule has 4 rings (SSSR count). The second-order valence-electron chi connectivity index (χ2n) is 9.72. The van der Waals surface area contributed by atoms with Crippen LogP contribution in [0.3, 0.4) is 0 Å². The van der Waals surface area contributed by atoms with Gasteiger partial charge in [-0.1, -0.05) is 61.0 Å². The molecule has 160 valence electrons. The zero-order valence-corrected chi connectivity index (χ0v) is 18.9. The highest BCUT2D eigenvalue weighted by Gasteiger charge is 2.28. The fourth-order valence-electron chi connectivity index (χ4n) is 5.31. The molecule has 0 amide bonds. The molecule has 1 nitrogen and oxygen atoms in total. The molecule has 2 aromatic rings. The van der Waals surface area contributed by atoms with Gasteiger partial charge in [0.05, 0.1) is 6.61 Å². The normalized spacial score (nSPS) is 26.5. The molecule has 2 unspecified atom stereocenters. The molecular weight excluding hydrogens is 364 g/mol. The number of allylic oxidation sites excluding steroid dienone is 2. The smallest absolute Gasteiger partial charge is 0.119 e. The second-order valence-corrected chi connectivity index (χ2v) is 9.72. The summed E-state index contributed by atoms with van der Waals surface area (Å²) in [5.74, 6) is 4.33. The molecule has 0 spiro atoms. The van der Waals surface area contributed by atoms with Gasteiger partial charge >= 0.3 is 0 Å². The van der Waals surface area contributed by atoms with Crippen molar-refractivity contribution in [3.05, 3.63) is 77.4 Å². The van der Waals surface area contributed by atoms with E-state index in [4.69, 9.17) is 4.74 Å². The van der Waals surface area contributed by atoms with E-state index in [1.165, 1.54) is 49.7 Å². The van der Waals surface area contributed by atoms with Crippen molar-refractivity contribution in [2.45, 2.75) is 71.1 Å². The van der Waals surface area contributed by atoms with E-state index in [1.807, 2.05) is 0 Å². The lowest BCUT2D eigenvalue weighted by atomic mass is 9.71. The van der Waals surface area contributed by atoms with Crippen LogP contribution in [0.5, 0.6) is 5.75 Å². The van der Waals surface area contributed by atoms with Crippen molar-refractivity contribution >= 4 is 0 Å². The largest absolute Gasteiger partial charge is 0.494 e. The van der Waals surface area contributed by atoms with E-state index in [0.29, 0.717) is 0 Å². The van der Waals surface area contributed by atoms with Gasteiger partial charge in [0.25, 0.3) is 0 Å². The molecule has 0 saturated heterocycles. The van der Waals surface area contributed by atoms with E-state index in [9.17, 15) is 0 Å². The monoisotopic (exact) mass is 402 g/mol. The third-order valence-electron chi connectivity index (χ3n) is 7.37. The van der Waals surface area contributed by atoms with Crippen molar-refractivity contribution in [1.82, 2.24) is 0 Å². The Bertz CT molecular complexity index is 793. The summed E-state index contributed by atoms with van der Waals surface area (Å²) in [4.78, 5) is 0. The maximum atomic E-state index is 5.86. The molecule has 1 fully saturated rings. The van der Waals surface area contributed by atoms with Crippen LogP contribution in [0.4, 0.5) is 0 Å². The van der Waals surface area contributed by atoms with E-state index < -0.39 is 0 Å². The summed E-state index contributed by atoms with van der Waals surface area (Å²) in [6.45, 7) is 5.24. The first-order valence-electron chi connectivity index (χ1n) is 12.1.